The van der Waals surface area contributed by atoms with Crippen molar-refractivity contribution in [3.8, 4) is 11.5 Å². The van der Waals surface area contributed by atoms with Crippen molar-refractivity contribution in [2.75, 3.05) is 0 Å². The van der Waals surface area contributed by atoms with Crippen LogP contribution in [0.1, 0.15) is 78.3 Å². The average molecular weight is 493 g/mol. The summed E-state index contributed by atoms with van der Waals surface area (Å²) in [5, 5.41) is 0.153. The lowest BCUT2D eigenvalue weighted by atomic mass is 9.98. The van der Waals surface area contributed by atoms with Gasteiger partial charge in [-0.25, -0.2) is 9.59 Å². The van der Waals surface area contributed by atoms with Crippen LogP contribution in [-0.4, -0.2) is 11.9 Å². The van der Waals surface area contributed by atoms with Crippen molar-refractivity contribution in [1.29, 1.82) is 0 Å². The van der Waals surface area contributed by atoms with Crippen molar-refractivity contribution in [3.05, 3.63) is 94.0 Å². The number of rotatable bonds is 11. The van der Waals surface area contributed by atoms with E-state index in [2.05, 4.69) is 20.8 Å². The Morgan fingerprint density at radius 1 is 0.800 bits per heavy atom. The van der Waals surface area contributed by atoms with Crippen LogP contribution in [-0.2, 0) is 12.8 Å². The van der Waals surface area contributed by atoms with Gasteiger partial charge in [0, 0.05) is 6.07 Å². The van der Waals surface area contributed by atoms with Crippen molar-refractivity contribution in [3.63, 3.8) is 0 Å². The third-order valence-electron chi connectivity index (χ3n) is 6.04. The summed E-state index contributed by atoms with van der Waals surface area (Å²) in [6.07, 6.45) is 6.62. The van der Waals surface area contributed by atoms with Crippen LogP contribution in [0.3, 0.4) is 0 Å². The number of carbonyl (C=O) groups excluding carboxylic acids is 2. The SMILES string of the molecule is CCCCCc1ccc(OC(=O)c2ccc(OC(=O)c3ccc(CC(C)CC)cc3)cc2Cl)cc1. The molecule has 0 aliphatic rings. The van der Waals surface area contributed by atoms with Crippen molar-refractivity contribution in [2.45, 2.75) is 59.3 Å². The second-order valence-electron chi connectivity index (χ2n) is 8.94. The Kier molecular flexibility index (Phi) is 9.92. The minimum Gasteiger partial charge on any atom is -0.423 e. The first-order chi connectivity index (χ1) is 16.9. The monoisotopic (exact) mass is 492 g/mol. The Labute approximate surface area is 213 Å². The molecule has 0 aromatic heterocycles. The van der Waals surface area contributed by atoms with Gasteiger partial charge in [-0.05, 0) is 72.7 Å². The molecule has 0 amide bonds. The van der Waals surface area contributed by atoms with Crippen LogP contribution in [0.2, 0.25) is 5.02 Å². The Morgan fingerprint density at radius 3 is 2.06 bits per heavy atom. The van der Waals surface area contributed by atoms with E-state index in [9.17, 15) is 9.59 Å². The van der Waals surface area contributed by atoms with Gasteiger partial charge in [-0.1, -0.05) is 75.9 Å². The van der Waals surface area contributed by atoms with Crippen molar-refractivity contribution in [1.82, 2.24) is 0 Å². The molecule has 0 radical (unpaired) electrons. The molecule has 3 rings (SSSR count). The molecule has 0 aliphatic carbocycles. The molecule has 35 heavy (non-hydrogen) atoms. The number of esters is 2. The molecule has 0 N–H and O–H groups in total. The zero-order valence-electron chi connectivity index (χ0n) is 20.7. The molecule has 0 aliphatic heterocycles. The van der Waals surface area contributed by atoms with Gasteiger partial charge >= 0.3 is 11.9 Å². The molecule has 184 valence electrons. The van der Waals surface area contributed by atoms with E-state index in [1.165, 1.54) is 42.2 Å². The first-order valence-electron chi connectivity index (χ1n) is 12.3. The summed E-state index contributed by atoms with van der Waals surface area (Å²) in [4.78, 5) is 25.1. The standard InChI is InChI=1S/C30H33ClO4/c1-4-6-7-8-22-11-15-25(16-12-22)34-30(33)27-18-17-26(20-28(27)31)35-29(32)24-13-9-23(10-14-24)19-21(3)5-2/h9-18,20-21H,4-8,19H2,1-3H3. The highest BCUT2D eigenvalue weighted by molar-refractivity contribution is 6.33. The fourth-order valence-electron chi connectivity index (χ4n) is 3.68. The minimum absolute atomic E-state index is 0.153. The van der Waals surface area contributed by atoms with Crippen LogP contribution >= 0.6 is 11.6 Å². The summed E-state index contributed by atoms with van der Waals surface area (Å²) in [6.45, 7) is 6.55. The fourth-order valence-corrected chi connectivity index (χ4v) is 3.93. The molecular weight excluding hydrogens is 460 g/mol. The lowest BCUT2D eigenvalue weighted by Gasteiger charge is -2.10. The summed E-state index contributed by atoms with van der Waals surface area (Å²) in [7, 11) is 0. The van der Waals surface area contributed by atoms with Crippen molar-refractivity contribution in [2.24, 2.45) is 5.92 Å². The molecule has 5 heteroatoms. The molecule has 0 saturated heterocycles. The number of aryl methyl sites for hydroxylation is 1. The van der Waals surface area contributed by atoms with Crippen LogP contribution in [0.25, 0.3) is 0 Å². The molecule has 0 saturated carbocycles. The van der Waals surface area contributed by atoms with Crippen molar-refractivity contribution >= 4 is 23.5 Å². The number of benzene rings is 3. The summed E-state index contributed by atoms with van der Waals surface area (Å²) >= 11 is 6.31. The highest BCUT2D eigenvalue weighted by Gasteiger charge is 2.16. The maximum absolute atomic E-state index is 12.6. The molecule has 0 heterocycles. The highest BCUT2D eigenvalue weighted by Crippen LogP contribution is 2.25. The molecule has 0 fully saturated rings. The average Bonchev–Trinajstić information content (AvgIpc) is 2.85. The van der Waals surface area contributed by atoms with Crippen LogP contribution in [0.15, 0.2) is 66.7 Å². The van der Waals surface area contributed by atoms with Gasteiger partial charge in [0.05, 0.1) is 16.1 Å². The van der Waals surface area contributed by atoms with Gasteiger partial charge in [-0.2, -0.15) is 0 Å². The summed E-state index contributed by atoms with van der Waals surface area (Å²) in [5.41, 5.74) is 3.06. The van der Waals surface area contributed by atoms with Gasteiger partial charge in [0.15, 0.2) is 0 Å². The second kappa shape index (κ2) is 13.1. The van der Waals surface area contributed by atoms with E-state index >= 15 is 0 Å². The van der Waals surface area contributed by atoms with Crippen LogP contribution in [0.4, 0.5) is 0 Å². The zero-order valence-corrected chi connectivity index (χ0v) is 21.4. The quantitative estimate of drug-likeness (QED) is 0.154. The predicted molar refractivity (Wildman–Crippen MR) is 141 cm³/mol. The summed E-state index contributed by atoms with van der Waals surface area (Å²) in [5.74, 6) is 0.262. The lowest BCUT2D eigenvalue weighted by molar-refractivity contribution is 0.0730. The molecule has 1 unspecified atom stereocenters. The maximum atomic E-state index is 12.6. The van der Waals surface area contributed by atoms with Gasteiger partial charge in [0.25, 0.3) is 0 Å². The molecule has 3 aromatic carbocycles. The van der Waals surface area contributed by atoms with E-state index < -0.39 is 11.9 Å². The fraction of sp³-hybridized carbons (Fsp3) is 0.333. The van der Waals surface area contributed by atoms with E-state index in [0.29, 0.717) is 17.2 Å². The molecule has 1 atom stereocenters. The normalized spacial score (nSPS) is 11.7. The Hall–Kier alpha value is -3.11. The smallest absolute Gasteiger partial charge is 0.345 e. The molecular formula is C30H33ClO4. The first-order valence-corrected chi connectivity index (χ1v) is 12.7. The second-order valence-corrected chi connectivity index (χ2v) is 9.34. The van der Waals surface area contributed by atoms with E-state index in [-0.39, 0.29) is 16.3 Å². The third-order valence-corrected chi connectivity index (χ3v) is 6.36. The van der Waals surface area contributed by atoms with Gasteiger partial charge in [-0.3, -0.25) is 0 Å². The van der Waals surface area contributed by atoms with E-state index in [1.54, 1.807) is 24.3 Å². The van der Waals surface area contributed by atoms with Gasteiger partial charge < -0.3 is 9.47 Å². The summed E-state index contributed by atoms with van der Waals surface area (Å²) < 4.78 is 10.9. The number of carbonyl (C=O) groups is 2. The number of ether oxygens (including phenoxy) is 2. The van der Waals surface area contributed by atoms with Crippen molar-refractivity contribution < 1.29 is 19.1 Å². The number of hydrogen-bond acceptors (Lipinski definition) is 4. The topological polar surface area (TPSA) is 52.6 Å². The Bertz CT molecular complexity index is 1120. The Morgan fingerprint density at radius 2 is 1.43 bits per heavy atom. The molecule has 4 nitrogen and oxygen atoms in total. The van der Waals surface area contributed by atoms with Gasteiger partial charge in [-0.15, -0.1) is 0 Å². The third kappa shape index (κ3) is 7.97. The predicted octanol–water partition coefficient (Wildman–Crippen LogP) is 8.10. The first kappa shape index (κ1) is 26.5. The Balaban J connectivity index is 1.58. The minimum atomic E-state index is -0.566. The van der Waals surface area contributed by atoms with Crippen LogP contribution in [0.5, 0.6) is 11.5 Å². The van der Waals surface area contributed by atoms with E-state index in [1.807, 2.05) is 24.3 Å². The van der Waals surface area contributed by atoms with Gasteiger partial charge in [0.1, 0.15) is 11.5 Å². The van der Waals surface area contributed by atoms with Crippen LogP contribution < -0.4 is 9.47 Å². The van der Waals surface area contributed by atoms with E-state index in [4.69, 9.17) is 21.1 Å². The molecule has 3 aromatic rings. The van der Waals surface area contributed by atoms with Crippen LogP contribution in [0, 0.1) is 5.92 Å². The molecule has 0 spiro atoms. The number of hydrogen-bond donors (Lipinski definition) is 0. The lowest BCUT2D eigenvalue weighted by Crippen LogP contribution is -2.11. The largest absolute Gasteiger partial charge is 0.423 e. The highest BCUT2D eigenvalue weighted by atomic mass is 35.5. The zero-order chi connectivity index (χ0) is 25.2. The number of halogens is 1. The van der Waals surface area contributed by atoms with E-state index in [0.717, 1.165) is 25.7 Å². The maximum Gasteiger partial charge on any atom is 0.345 e. The number of unbranched alkanes of at least 4 members (excludes halogenated alkanes) is 2. The van der Waals surface area contributed by atoms with Gasteiger partial charge in [0.2, 0.25) is 0 Å². The summed E-state index contributed by atoms with van der Waals surface area (Å²) in [6, 6.07) is 19.4. The molecule has 0 bridgehead atoms.